The molecule has 0 spiro atoms. The molecular formula is C21H17ClN2O2S. The molecule has 4 aromatic rings. The summed E-state index contributed by atoms with van der Waals surface area (Å²) in [4.78, 5) is 4.59. The van der Waals surface area contributed by atoms with Gasteiger partial charge in [0.05, 0.1) is 0 Å². The van der Waals surface area contributed by atoms with E-state index < -0.39 is 0 Å². The van der Waals surface area contributed by atoms with E-state index in [2.05, 4.69) is 42.2 Å². The highest BCUT2D eigenvalue weighted by Crippen LogP contribution is 2.28. The lowest BCUT2D eigenvalue weighted by Crippen LogP contribution is -1.94. The molecule has 6 heteroatoms. The van der Waals surface area contributed by atoms with Crippen molar-refractivity contribution in [2.45, 2.75) is 20.5 Å². The summed E-state index contributed by atoms with van der Waals surface area (Å²) < 4.78 is 11.2. The Morgan fingerprint density at radius 3 is 2.59 bits per heavy atom. The largest absolute Gasteiger partial charge is 0.486 e. The van der Waals surface area contributed by atoms with Gasteiger partial charge in [-0.3, -0.25) is 0 Å². The summed E-state index contributed by atoms with van der Waals surface area (Å²) in [5.74, 6) is 1.41. The third-order valence-corrected chi connectivity index (χ3v) is 5.37. The Kier molecular flexibility index (Phi) is 4.97. The van der Waals surface area contributed by atoms with Crippen molar-refractivity contribution >= 4 is 22.9 Å². The number of nitrogens with zero attached hydrogens (tertiary/aromatic N) is 2. The molecule has 0 atom stereocenters. The van der Waals surface area contributed by atoms with Crippen LogP contribution in [0.3, 0.4) is 0 Å². The summed E-state index contributed by atoms with van der Waals surface area (Å²) in [5, 5.41) is 7.69. The predicted octanol–water partition coefficient (Wildman–Crippen LogP) is 6.31. The first kappa shape index (κ1) is 17.8. The fourth-order valence-electron chi connectivity index (χ4n) is 2.60. The normalized spacial score (nSPS) is 10.9. The van der Waals surface area contributed by atoms with Crippen LogP contribution in [0.25, 0.3) is 22.7 Å². The first-order valence-electron chi connectivity index (χ1n) is 8.46. The van der Waals surface area contributed by atoms with Crippen LogP contribution in [0.5, 0.6) is 5.75 Å². The van der Waals surface area contributed by atoms with Gasteiger partial charge in [0.1, 0.15) is 28.8 Å². The Morgan fingerprint density at radius 2 is 1.81 bits per heavy atom. The first-order valence-corrected chi connectivity index (χ1v) is 9.72. The van der Waals surface area contributed by atoms with Gasteiger partial charge in [-0.15, -0.1) is 11.3 Å². The molecule has 2 aromatic heterocycles. The molecule has 0 saturated carbocycles. The summed E-state index contributed by atoms with van der Waals surface area (Å²) in [6, 6.07) is 15.4. The summed E-state index contributed by atoms with van der Waals surface area (Å²) in [6.45, 7) is 4.58. The van der Waals surface area contributed by atoms with Crippen LogP contribution >= 0.6 is 22.9 Å². The van der Waals surface area contributed by atoms with Gasteiger partial charge in [0.2, 0.25) is 0 Å². The molecule has 0 bridgehead atoms. The fourth-order valence-corrected chi connectivity index (χ4v) is 3.42. The number of hydrogen-bond donors (Lipinski definition) is 0. The van der Waals surface area contributed by atoms with Crippen molar-refractivity contribution in [2.75, 3.05) is 0 Å². The quantitative estimate of drug-likeness (QED) is 0.396. The Balaban J connectivity index is 1.47. The van der Waals surface area contributed by atoms with Crippen LogP contribution in [0.15, 0.2) is 58.4 Å². The SMILES string of the molecule is Cc1ccc(-c2cc(-c3csc(COc4ccc(Cl)cc4)n3)on2)cc1C. The third kappa shape index (κ3) is 4.04. The molecule has 2 heterocycles. The Morgan fingerprint density at radius 1 is 1.00 bits per heavy atom. The van der Waals surface area contributed by atoms with Crippen LogP contribution in [0, 0.1) is 13.8 Å². The van der Waals surface area contributed by atoms with Crippen LogP contribution in [-0.4, -0.2) is 10.1 Å². The zero-order chi connectivity index (χ0) is 18.8. The highest BCUT2D eigenvalue weighted by atomic mass is 35.5. The molecule has 4 nitrogen and oxygen atoms in total. The van der Waals surface area contributed by atoms with Crippen molar-refractivity contribution < 1.29 is 9.26 Å². The second kappa shape index (κ2) is 7.55. The van der Waals surface area contributed by atoms with Crippen LogP contribution < -0.4 is 4.74 Å². The van der Waals surface area contributed by atoms with Crippen molar-refractivity contribution in [3.05, 3.63) is 75.1 Å². The average molecular weight is 397 g/mol. The number of ether oxygens (including phenoxy) is 1. The van der Waals surface area contributed by atoms with E-state index in [0.717, 1.165) is 27.7 Å². The van der Waals surface area contributed by atoms with Gasteiger partial charge in [-0.2, -0.15) is 0 Å². The molecule has 0 unspecified atom stereocenters. The smallest absolute Gasteiger partial charge is 0.186 e. The number of rotatable bonds is 5. The fraction of sp³-hybridized carbons (Fsp3) is 0.143. The minimum absolute atomic E-state index is 0.393. The maximum Gasteiger partial charge on any atom is 0.186 e. The standard InChI is InChI=1S/C21H17ClN2O2S/c1-13-3-4-15(9-14(13)2)18-10-20(26-24-18)19-12-27-21(23-19)11-25-17-7-5-16(22)6-8-17/h3-10,12H,11H2,1-2H3. The van der Waals surface area contributed by atoms with Crippen LogP contribution in [0.1, 0.15) is 16.1 Å². The number of aromatic nitrogens is 2. The topological polar surface area (TPSA) is 48.2 Å². The zero-order valence-electron chi connectivity index (χ0n) is 14.9. The molecule has 0 aliphatic rings. The Labute approximate surface area is 166 Å². The van der Waals surface area contributed by atoms with Crippen molar-refractivity contribution in [2.24, 2.45) is 0 Å². The van der Waals surface area contributed by atoms with E-state index in [9.17, 15) is 0 Å². The van der Waals surface area contributed by atoms with Gasteiger partial charge in [0.15, 0.2) is 5.76 Å². The average Bonchev–Trinajstić information content (AvgIpc) is 3.33. The monoisotopic (exact) mass is 396 g/mol. The summed E-state index contributed by atoms with van der Waals surface area (Å²) in [7, 11) is 0. The number of hydrogen-bond acceptors (Lipinski definition) is 5. The van der Waals surface area contributed by atoms with E-state index in [1.54, 1.807) is 12.1 Å². The van der Waals surface area contributed by atoms with Gasteiger partial charge >= 0.3 is 0 Å². The molecule has 0 saturated heterocycles. The van der Waals surface area contributed by atoms with E-state index in [1.807, 2.05) is 23.6 Å². The van der Waals surface area contributed by atoms with Gasteiger partial charge < -0.3 is 9.26 Å². The van der Waals surface area contributed by atoms with E-state index in [-0.39, 0.29) is 0 Å². The van der Waals surface area contributed by atoms with E-state index in [0.29, 0.717) is 17.4 Å². The summed E-state index contributed by atoms with van der Waals surface area (Å²) >= 11 is 7.41. The minimum atomic E-state index is 0.393. The molecule has 2 aromatic carbocycles. The molecular weight excluding hydrogens is 380 g/mol. The van der Waals surface area contributed by atoms with Gasteiger partial charge in [0.25, 0.3) is 0 Å². The molecule has 27 heavy (non-hydrogen) atoms. The number of thiazole rings is 1. The zero-order valence-corrected chi connectivity index (χ0v) is 16.5. The maximum atomic E-state index is 5.88. The van der Waals surface area contributed by atoms with Crippen molar-refractivity contribution in [3.8, 4) is 28.5 Å². The molecule has 4 rings (SSSR count). The lowest BCUT2D eigenvalue weighted by Gasteiger charge is -2.03. The van der Waals surface area contributed by atoms with E-state index in [1.165, 1.54) is 22.5 Å². The predicted molar refractivity (Wildman–Crippen MR) is 108 cm³/mol. The van der Waals surface area contributed by atoms with Crippen molar-refractivity contribution in [1.82, 2.24) is 10.1 Å². The van der Waals surface area contributed by atoms with Crippen LogP contribution in [0.2, 0.25) is 5.02 Å². The van der Waals surface area contributed by atoms with Crippen LogP contribution in [0.4, 0.5) is 0 Å². The van der Waals surface area contributed by atoms with Gasteiger partial charge in [-0.1, -0.05) is 28.9 Å². The minimum Gasteiger partial charge on any atom is -0.486 e. The molecule has 0 aliphatic carbocycles. The number of halogens is 1. The molecule has 0 amide bonds. The van der Waals surface area contributed by atoms with Gasteiger partial charge in [-0.25, -0.2) is 4.98 Å². The Hall–Kier alpha value is -2.63. The lowest BCUT2D eigenvalue weighted by molar-refractivity contribution is 0.305. The first-order chi connectivity index (χ1) is 13.1. The van der Waals surface area contributed by atoms with Crippen LogP contribution in [-0.2, 0) is 6.61 Å². The van der Waals surface area contributed by atoms with Gasteiger partial charge in [-0.05, 0) is 55.3 Å². The maximum absolute atomic E-state index is 5.88. The van der Waals surface area contributed by atoms with Gasteiger partial charge in [0, 0.05) is 22.0 Å². The summed E-state index contributed by atoms with van der Waals surface area (Å²) in [6.07, 6.45) is 0. The number of benzene rings is 2. The van der Waals surface area contributed by atoms with E-state index in [4.69, 9.17) is 20.9 Å². The lowest BCUT2D eigenvalue weighted by atomic mass is 10.0. The molecule has 0 radical (unpaired) electrons. The molecule has 136 valence electrons. The second-order valence-electron chi connectivity index (χ2n) is 6.24. The number of aryl methyl sites for hydroxylation is 2. The Bertz CT molecular complexity index is 1070. The molecule has 0 fully saturated rings. The highest BCUT2D eigenvalue weighted by molar-refractivity contribution is 7.09. The van der Waals surface area contributed by atoms with Crippen molar-refractivity contribution in [3.63, 3.8) is 0 Å². The third-order valence-electron chi connectivity index (χ3n) is 4.29. The molecule has 0 N–H and O–H groups in total. The highest BCUT2D eigenvalue weighted by Gasteiger charge is 2.13. The van der Waals surface area contributed by atoms with E-state index >= 15 is 0 Å². The molecule has 0 aliphatic heterocycles. The second-order valence-corrected chi connectivity index (χ2v) is 7.62. The summed E-state index contributed by atoms with van der Waals surface area (Å²) in [5.41, 5.74) is 5.09. The van der Waals surface area contributed by atoms with Crippen molar-refractivity contribution in [1.29, 1.82) is 0 Å².